The van der Waals surface area contributed by atoms with Gasteiger partial charge in [0.05, 0.1) is 26.2 Å². The van der Waals surface area contributed by atoms with Crippen LogP contribution in [0.5, 0.6) is 23.0 Å². The van der Waals surface area contributed by atoms with Crippen molar-refractivity contribution >= 4 is 11.9 Å². The van der Waals surface area contributed by atoms with Crippen LogP contribution in [0.2, 0.25) is 0 Å². The number of rotatable bonds is 14. The van der Waals surface area contributed by atoms with E-state index >= 15 is 0 Å². The standard InChI is InChI=1S/C29H39N3O7/c1-3-4-13-31(14-12-30)27(33)18-32-17-21(20-9-10-25-26(16-20)39-19-38-25)28(29(34)35)22(32)11-15-37-24-8-6-5-7-23(24)36-2/h5-10,16,21-22,28H,3-4,11-15,17-19,30H2,1-2H3,(H,34,35)/t21-,22+,28?/m1/s1. The SMILES string of the molecule is CCCCN(CCN)C(=O)CN1C[C@H](c2ccc3c(c2)OCO3)C(C(=O)O)[C@@H]1CCOc1ccccc1OC. The van der Waals surface area contributed by atoms with Crippen LogP contribution < -0.4 is 24.7 Å². The number of amides is 1. The Morgan fingerprint density at radius 2 is 1.90 bits per heavy atom. The number of carbonyl (C=O) groups is 2. The van der Waals surface area contributed by atoms with Gasteiger partial charge >= 0.3 is 5.97 Å². The topological polar surface area (TPSA) is 124 Å². The first kappa shape index (κ1) is 28.5. The maximum Gasteiger partial charge on any atom is 0.308 e. The molecule has 1 amide bonds. The van der Waals surface area contributed by atoms with Crippen molar-refractivity contribution in [3.8, 4) is 23.0 Å². The highest BCUT2D eigenvalue weighted by molar-refractivity contribution is 5.79. The van der Waals surface area contributed by atoms with Gasteiger partial charge in [0.2, 0.25) is 12.7 Å². The van der Waals surface area contributed by atoms with Crippen LogP contribution in [0.15, 0.2) is 42.5 Å². The van der Waals surface area contributed by atoms with Gasteiger partial charge in [-0.2, -0.15) is 0 Å². The molecule has 10 nitrogen and oxygen atoms in total. The Balaban J connectivity index is 1.57. The molecule has 0 saturated carbocycles. The normalized spacial score (nSPS) is 20.1. The molecule has 0 bridgehead atoms. The van der Waals surface area contributed by atoms with E-state index in [1.807, 2.05) is 47.4 Å². The highest BCUT2D eigenvalue weighted by Gasteiger charge is 2.47. The number of methoxy groups -OCH3 is 1. The number of para-hydroxylation sites is 2. The molecule has 212 valence electrons. The number of benzene rings is 2. The van der Waals surface area contributed by atoms with E-state index in [9.17, 15) is 14.7 Å². The smallest absolute Gasteiger partial charge is 0.308 e. The Kier molecular flexibility index (Phi) is 9.89. The summed E-state index contributed by atoms with van der Waals surface area (Å²) in [5, 5.41) is 10.4. The van der Waals surface area contributed by atoms with Crippen LogP contribution in [-0.4, -0.2) is 86.1 Å². The monoisotopic (exact) mass is 541 g/mol. The van der Waals surface area contributed by atoms with E-state index in [1.165, 1.54) is 0 Å². The molecular formula is C29H39N3O7. The van der Waals surface area contributed by atoms with Gasteiger partial charge in [-0.25, -0.2) is 0 Å². The number of carboxylic acid groups (broad SMARTS) is 1. The predicted molar refractivity (Wildman–Crippen MR) is 145 cm³/mol. The lowest BCUT2D eigenvalue weighted by Crippen LogP contribution is -2.46. The number of hydrogen-bond acceptors (Lipinski definition) is 8. The largest absolute Gasteiger partial charge is 0.493 e. The summed E-state index contributed by atoms with van der Waals surface area (Å²) in [6.45, 7) is 4.53. The molecule has 10 heteroatoms. The first-order valence-electron chi connectivity index (χ1n) is 13.6. The minimum Gasteiger partial charge on any atom is -0.493 e. The van der Waals surface area contributed by atoms with E-state index in [4.69, 9.17) is 24.7 Å². The number of aliphatic carboxylic acids is 1. The van der Waals surface area contributed by atoms with Gasteiger partial charge in [0, 0.05) is 38.1 Å². The zero-order valence-corrected chi connectivity index (χ0v) is 22.7. The van der Waals surface area contributed by atoms with Crippen LogP contribution in [0, 0.1) is 5.92 Å². The first-order valence-corrected chi connectivity index (χ1v) is 13.6. The molecule has 0 spiro atoms. The summed E-state index contributed by atoms with van der Waals surface area (Å²) in [6, 6.07) is 12.5. The minimum absolute atomic E-state index is 0.0416. The highest BCUT2D eigenvalue weighted by Crippen LogP contribution is 2.42. The number of hydrogen-bond donors (Lipinski definition) is 2. The van der Waals surface area contributed by atoms with E-state index < -0.39 is 17.9 Å². The Bertz CT molecular complexity index is 1130. The summed E-state index contributed by atoms with van der Waals surface area (Å²) in [4.78, 5) is 29.9. The molecule has 0 aliphatic carbocycles. The van der Waals surface area contributed by atoms with E-state index in [0.717, 1.165) is 18.4 Å². The van der Waals surface area contributed by atoms with Gasteiger partial charge in [-0.1, -0.05) is 31.5 Å². The Morgan fingerprint density at radius 1 is 1.13 bits per heavy atom. The van der Waals surface area contributed by atoms with Gasteiger partial charge in [-0.05, 0) is 42.7 Å². The molecular weight excluding hydrogens is 502 g/mol. The lowest BCUT2D eigenvalue weighted by molar-refractivity contribution is -0.144. The summed E-state index contributed by atoms with van der Waals surface area (Å²) in [7, 11) is 1.58. The molecule has 2 aliphatic heterocycles. The molecule has 1 fully saturated rings. The molecule has 3 N–H and O–H groups in total. The average molecular weight is 542 g/mol. The van der Waals surface area contributed by atoms with Gasteiger partial charge in [-0.15, -0.1) is 0 Å². The molecule has 2 aliphatic rings. The van der Waals surface area contributed by atoms with Crippen LogP contribution in [-0.2, 0) is 9.59 Å². The maximum atomic E-state index is 13.4. The zero-order valence-electron chi connectivity index (χ0n) is 22.7. The van der Waals surface area contributed by atoms with Crippen LogP contribution in [0.25, 0.3) is 0 Å². The van der Waals surface area contributed by atoms with Crippen LogP contribution in [0.4, 0.5) is 0 Å². The third-order valence-corrected chi connectivity index (χ3v) is 7.47. The second-order valence-electron chi connectivity index (χ2n) is 9.89. The van der Waals surface area contributed by atoms with Crippen molar-refractivity contribution in [3.05, 3.63) is 48.0 Å². The number of carbonyl (C=O) groups excluding carboxylic acids is 1. The number of fused-ring (bicyclic) bond motifs is 1. The minimum atomic E-state index is -0.903. The Morgan fingerprint density at radius 3 is 2.62 bits per heavy atom. The second kappa shape index (κ2) is 13.5. The van der Waals surface area contributed by atoms with E-state index in [2.05, 4.69) is 6.92 Å². The maximum absolute atomic E-state index is 13.4. The van der Waals surface area contributed by atoms with E-state index in [1.54, 1.807) is 12.0 Å². The fourth-order valence-corrected chi connectivity index (χ4v) is 5.50. The summed E-state index contributed by atoms with van der Waals surface area (Å²) < 4.78 is 22.4. The van der Waals surface area contributed by atoms with Gasteiger partial charge in [0.1, 0.15) is 0 Å². The fraction of sp³-hybridized carbons (Fsp3) is 0.517. The molecule has 39 heavy (non-hydrogen) atoms. The predicted octanol–water partition coefficient (Wildman–Crippen LogP) is 2.95. The van der Waals surface area contributed by atoms with Gasteiger partial charge in [0.25, 0.3) is 0 Å². The fourth-order valence-electron chi connectivity index (χ4n) is 5.50. The summed E-state index contributed by atoms with van der Waals surface area (Å²) in [5.41, 5.74) is 6.64. The third kappa shape index (κ3) is 6.75. The molecule has 4 rings (SSSR count). The molecule has 0 radical (unpaired) electrons. The molecule has 2 heterocycles. The molecule has 1 saturated heterocycles. The lowest BCUT2D eigenvalue weighted by Gasteiger charge is -2.29. The van der Waals surface area contributed by atoms with Crippen LogP contribution in [0.3, 0.4) is 0 Å². The zero-order chi connectivity index (χ0) is 27.8. The van der Waals surface area contributed by atoms with E-state index in [0.29, 0.717) is 55.6 Å². The number of carboxylic acids is 1. The van der Waals surface area contributed by atoms with Crippen LogP contribution in [0.1, 0.15) is 37.7 Å². The van der Waals surface area contributed by atoms with E-state index in [-0.39, 0.29) is 31.8 Å². The molecule has 0 aromatic heterocycles. The highest BCUT2D eigenvalue weighted by atomic mass is 16.7. The van der Waals surface area contributed by atoms with Crippen molar-refractivity contribution in [2.45, 2.75) is 38.1 Å². The molecule has 1 unspecified atom stereocenters. The summed E-state index contributed by atoms with van der Waals surface area (Å²) in [5.74, 6) is 0.435. The first-order chi connectivity index (χ1) is 19.0. The van der Waals surface area contributed by atoms with Crippen molar-refractivity contribution in [3.63, 3.8) is 0 Å². The second-order valence-corrected chi connectivity index (χ2v) is 9.89. The van der Waals surface area contributed by atoms with Gasteiger partial charge in [-0.3, -0.25) is 14.5 Å². The molecule has 2 aromatic rings. The quantitative estimate of drug-likeness (QED) is 0.371. The Labute approximate surface area is 229 Å². The average Bonchev–Trinajstić information content (AvgIpc) is 3.55. The number of ether oxygens (including phenoxy) is 4. The number of nitrogens with two attached hydrogens (primary N) is 1. The van der Waals surface area contributed by atoms with Crippen molar-refractivity contribution < 1.29 is 33.6 Å². The van der Waals surface area contributed by atoms with Gasteiger partial charge < -0.3 is 34.7 Å². The van der Waals surface area contributed by atoms with Crippen molar-refractivity contribution in [2.24, 2.45) is 11.7 Å². The molecule has 2 aromatic carbocycles. The summed E-state index contributed by atoms with van der Waals surface area (Å²) >= 11 is 0. The number of unbranched alkanes of at least 4 members (excludes halogenated alkanes) is 1. The number of nitrogens with zero attached hydrogens (tertiary/aromatic N) is 2. The summed E-state index contributed by atoms with van der Waals surface area (Å²) in [6.07, 6.45) is 2.28. The van der Waals surface area contributed by atoms with Crippen molar-refractivity contribution in [1.29, 1.82) is 0 Å². The Hall–Kier alpha value is -3.50. The lowest BCUT2D eigenvalue weighted by atomic mass is 9.84. The van der Waals surface area contributed by atoms with Crippen LogP contribution >= 0.6 is 0 Å². The third-order valence-electron chi connectivity index (χ3n) is 7.47. The van der Waals surface area contributed by atoms with Crippen molar-refractivity contribution in [1.82, 2.24) is 9.80 Å². The van der Waals surface area contributed by atoms with Crippen molar-refractivity contribution in [2.75, 3.05) is 53.2 Å². The molecule has 3 atom stereocenters. The number of likely N-dealkylation sites (tertiary alicyclic amines) is 1. The van der Waals surface area contributed by atoms with Gasteiger partial charge in [0.15, 0.2) is 23.0 Å².